The third-order valence-electron chi connectivity index (χ3n) is 4.36. The Balaban J connectivity index is 1.56. The number of amides is 1. The van der Waals surface area contributed by atoms with Crippen molar-refractivity contribution in [2.45, 2.75) is 50.4 Å². The number of nitrogens with one attached hydrogen (secondary N) is 1. The van der Waals surface area contributed by atoms with Gasteiger partial charge in [0, 0.05) is 12.6 Å². The number of hydrogen-bond donors (Lipinski definition) is 2. The van der Waals surface area contributed by atoms with Crippen molar-refractivity contribution in [3.8, 4) is 0 Å². The van der Waals surface area contributed by atoms with Crippen LogP contribution >= 0.6 is 0 Å². The lowest BCUT2D eigenvalue weighted by Gasteiger charge is -2.26. The molecule has 3 atom stereocenters. The first-order valence-electron chi connectivity index (χ1n) is 7.49. The van der Waals surface area contributed by atoms with Crippen molar-refractivity contribution < 1.29 is 9.53 Å². The Morgan fingerprint density at radius 1 is 1.25 bits per heavy atom. The topological polar surface area (TPSA) is 64.4 Å². The van der Waals surface area contributed by atoms with E-state index in [1.807, 2.05) is 0 Å². The summed E-state index contributed by atoms with van der Waals surface area (Å²) in [5.41, 5.74) is 8.35. The number of fused-ring (bicyclic) bond motifs is 1. The Bertz CT molecular complexity index is 489. The summed E-state index contributed by atoms with van der Waals surface area (Å²) in [5.74, 6) is 0.0327. The molecular weight excluding hydrogens is 252 g/mol. The number of ether oxygens (including phenoxy) is 1. The van der Waals surface area contributed by atoms with E-state index in [4.69, 9.17) is 10.5 Å². The van der Waals surface area contributed by atoms with Gasteiger partial charge in [0.25, 0.3) is 0 Å². The number of benzene rings is 1. The molecule has 1 aromatic rings. The molecule has 0 saturated carbocycles. The van der Waals surface area contributed by atoms with Crippen LogP contribution in [0.5, 0.6) is 0 Å². The summed E-state index contributed by atoms with van der Waals surface area (Å²) in [5, 5.41) is 3.14. The van der Waals surface area contributed by atoms with Crippen LogP contribution in [-0.4, -0.2) is 30.7 Å². The Kier molecular flexibility index (Phi) is 4.03. The average Bonchev–Trinajstić information content (AvgIpc) is 2.96. The fraction of sp³-hybridized carbons (Fsp3) is 0.562. The predicted octanol–water partition coefficient (Wildman–Crippen LogP) is 1.17. The van der Waals surface area contributed by atoms with Gasteiger partial charge in [0.15, 0.2) is 0 Å². The zero-order valence-corrected chi connectivity index (χ0v) is 11.7. The molecule has 0 spiro atoms. The Morgan fingerprint density at radius 2 is 2.05 bits per heavy atom. The number of nitrogens with two attached hydrogens (primary N) is 1. The normalized spacial score (nSPS) is 28.9. The molecule has 4 nitrogen and oxygen atoms in total. The van der Waals surface area contributed by atoms with E-state index in [0.717, 1.165) is 32.1 Å². The van der Waals surface area contributed by atoms with E-state index in [9.17, 15) is 4.79 Å². The van der Waals surface area contributed by atoms with Gasteiger partial charge in [-0.2, -0.15) is 0 Å². The van der Waals surface area contributed by atoms with E-state index >= 15 is 0 Å². The molecule has 1 aliphatic heterocycles. The minimum atomic E-state index is -0.305. The van der Waals surface area contributed by atoms with Crippen molar-refractivity contribution in [3.05, 3.63) is 35.4 Å². The standard InChI is InChI=1S/C16H22N2O2/c17-10-14-7-8-15(20-14)16(19)18-13-6-5-11-3-1-2-4-12(11)9-13/h1-4,13-15H,5-10,17H2,(H,18,19). The average molecular weight is 274 g/mol. The second kappa shape index (κ2) is 5.94. The molecule has 4 heteroatoms. The van der Waals surface area contributed by atoms with Gasteiger partial charge in [0.05, 0.1) is 6.10 Å². The van der Waals surface area contributed by atoms with Crippen molar-refractivity contribution in [1.82, 2.24) is 5.32 Å². The first kappa shape index (κ1) is 13.6. The van der Waals surface area contributed by atoms with E-state index in [0.29, 0.717) is 6.54 Å². The van der Waals surface area contributed by atoms with Crippen molar-refractivity contribution in [2.24, 2.45) is 5.73 Å². The van der Waals surface area contributed by atoms with E-state index in [1.54, 1.807) is 0 Å². The van der Waals surface area contributed by atoms with E-state index in [1.165, 1.54) is 11.1 Å². The Hall–Kier alpha value is -1.39. The van der Waals surface area contributed by atoms with Crippen LogP contribution in [-0.2, 0) is 22.4 Å². The molecule has 1 heterocycles. The van der Waals surface area contributed by atoms with Crippen molar-refractivity contribution in [1.29, 1.82) is 0 Å². The van der Waals surface area contributed by atoms with Gasteiger partial charge in [0.2, 0.25) is 5.91 Å². The summed E-state index contributed by atoms with van der Waals surface area (Å²) >= 11 is 0. The van der Waals surface area contributed by atoms with Crippen molar-refractivity contribution in [3.63, 3.8) is 0 Å². The van der Waals surface area contributed by atoms with Gasteiger partial charge in [0.1, 0.15) is 6.10 Å². The van der Waals surface area contributed by atoms with Gasteiger partial charge in [-0.05, 0) is 43.2 Å². The maximum atomic E-state index is 12.2. The van der Waals surface area contributed by atoms with Crippen LogP contribution in [0.1, 0.15) is 30.4 Å². The van der Waals surface area contributed by atoms with Crippen LogP contribution in [0, 0.1) is 0 Å². The molecule has 3 N–H and O–H groups in total. The van der Waals surface area contributed by atoms with Crippen LogP contribution in [0.15, 0.2) is 24.3 Å². The molecule has 0 bridgehead atoms. The number of aryl methyl sites for hydroxylation is 1. The highest BCUT2D eigenvalue weighted by Crippen LogP contribution is 2.23. The van der Waals surface area contributed by atoms with Gasteiger partial charge in [-0.3, -0.25) is 4.79 Å². The molecule has 108 valence electrons. The number of hydrogen-bond acceptors (Lipinski definition) is 3. The molecule has 0 aromatic heterocycles. The summed E-state index contributed by atoms with van der Waals surface area (Å²) in [7, 11) is 0. The highest BCUT2D eigenvalue weighted by Gasteiger charge is 2.31. The summed E-state index contributed by atoms with van der Waals surface area (Å²) < 4.78 is 5.65. The molecule has 20 heavy (non-hydrogen) atoms. The fourth-order valence-corrected chi connectivity index (χ4v) is 3.19. The van der Waals surface area contributed by atoms with Gasteiger partial charge >= 0.3 is 0 Å². The number of carbonyl (C=O) groups is 1. The molecule has 1 fully saturated rings. The third-order valence-corrected chi connectivity index (χ3v) is 4.36. The monoisotopic (exact) mass is 274 g/mol. The zero-order valence-electron chi connectivity index (χ0n) is 11.7. The lowest BCUT2D eigenvalue weighted by molar-refractivity contribution is -0.132. The van der Waals surface area contributed by atoms with E-state index in [-0.39, 0.29) is 24.2 Å². The highest BCUT2D eigenvalue weighted by molar-refractivity contribution is 5.81. The second-order valence-corrected chi connectivity index (χ2v) is 5.78. The molecule has 1 amide bonds. The molecule has 1 saturated heterocycles. The first-order valence-corrected chi connectivity index (χ1v) is 7.49. The lowest BCUT2D eigenvalue weighted by Crippen LogP contribution is -2.44. The minimum absolute atomic E-state index is 0.0327. The summed E-state index contributed by atoms with van der Waals surface area (Å²) in [6.07, 6.45) is 4.40. The van der Waals surface area contributed by atoms with Crippen LogP contribution in [0.25, 0.3) is 0 Å². The van der Waals surface area contributed by atoms with Gasteiger partial charge in [-0.15, -0.1) is 0 Å². The predicted molar refractivity (Wildman–Crippen MR) is 77.3 cm³/mol. The van der Waals surface area contributed by atoms with Crippen LogP contribution < -0.4 is 11.1 Å². The SMILES string of the molecule is NCC1CCC(C(=O)NC2CCc3ccccc3C2)O1. The highest BCUT2D eigenvalue weighted by atomic mass is 16.5. The third kappa shape index (κ3) is 2.86. The molecule has 3 unspecified atom stereocenters. The largest absolute Gasteiger partial charge is 0.364 e. The number of carbonyl (C=O) groups excluding carboxylic acids is 1. The fourth-order valence-electron chi connectivity index (χ4n) is 3.19. The van der Waals surface area contributed by atoms with Crippen molar-refractivity contribution in [2.75, 3.05) is 6.54 Å². The summed E-state index contributed by atoms with van der Waals surface area (Å²) in [6.45, 7) is 0.501. The van der Waals surface area contributed by atoms with E-state index in [2.05, 4.69) is 29.6 Å². The van der Waals surface area contributed by atoms with Gasteiger partial charge < -0.3 is 15.8 Å². The quantitative estimate of drug-likeness (QED) is 0.869. The molecular formula is C16H22N2O2. The molecule has 2 aliphatic rings. The molecule has 1 aromatic carbocycles. The van der Waals surface area contributed by atoms with E-state index < -0.39 is 0 Å². The van der Waals surface area contributed by atoms with Crippen LogP contribution in [0.2, 0.25) is 0 Å². The first-order chi connectivity index (χ1) is 9.76. The maximum Gasteiger partial charge on any atom is 0.249 e. The van der Waals surface area contributed by atoms with Gasteiger partial charge in [-0.1, -0.05) is 24.3 Å². The smallest absolute Gasteiger partial charge is 0.249 e. The van der Waals surface area contributed by atoms with Gasteiger partial charge in [-0.25, -0.2) is 0 Å². The minimum Gasteiger partial charge on any atom is -0.364 e. The van der Waals surface area contributed by atoms with Crippen LogP contribution in [0.3, 0.4) is 0 Å². The summed E-state index contributed by atoms with van der Waals surface area (Å²) in [4.78, 5) is 12.2. The second-order valence-electron chi connectivity index (χ2n) is 5.78. The number of rotatable bonds is 3. The lowest BCUT2D eigenvalue weighted by atomic mass is 9.88. The molecule has 0 radical (unpaired) electrons. The zero-order chi connectivity index (χ0) is 13.9. The van der Waals surface area contributed by atoms with Crippen LogP contribution in [0.4, 0.5) is 0 Å². The molecule has 1 aliphatic carbocycles. The Morgan fingerprint density at radius 3 is 2.80 bits per heavy atom. The summed E-state index contributed by atoms with van der Waals surface area (Å²) in [6, 6.07) is 8.72. The Labute approximate surface area is 119 Å². The maximum absolute atomic E-state index is 12.2. The molecule has 3 rings (SSSR count). The van der Waals surface area contributed by atoms with Crippen molar-refractivity contribution >= 4 is 5.91 Å².